The van der Waals surface area contributed by atoms with Gasteiger partial charge in [0.05, 0.1) is 6.21 Å². The summed E-state index contributed by atoms with van der Waals surface area (Å²) in [6.07, 6.45) is 1.10. The Hall–Kier alpha value is -2.37. The standard InChI is InChI=1S/C9H10N4O2/c10-9(14)13-12-8(6-11-15)7-4-2-1-3-5-7/h1-6,15H,(H3,10,13,14)/b11-6+,12-8+. The number of primary amides is 1. The lowest BCUT2D eigenvalue weighted by molar-refractivity contribution is 0.249. The summed E-state index contributed by atoms with van der Waals surface area (Å²) in [6.45, 7) is 0. The Labute approximate surface area is 86.1 Å². The number of hydrogen-bond acceptors (Lipinski definition) is 4. The molecule has 6 nitrogen and oxygen atoms in total. The van der Waals surface area contributed by atoms with Crippen molar-refractivity contribution in [2.45, 2.75) is 0 Å². The van der Waals surface area contributed by atoms with Crippen LogP contribution in [0.5, 0.6) is 0 Å². The SMILES string of the molecule is NC(=O)N/N=C(\C=N\O)c1ccccc1. The van der Waals surface area contributed by atoms with E-state index in [-0.39, 0.29) is 0 Å². The highest BCUT2D eigenvalue weighted by Crippen LogP contribution is 1.99. The first-order valence-electron chi connectivity index (χ1n) is 4.10. The first kappa shape index (κ1) is 10.7. The summed E-state index contributed by atoms with van der Waals surface area (Å²) in [5.74, 6) is 0. The van der Waals surface area contributed by atoms with Gasteiger partial charge in [-0.3, -0.25) is 0 Å². The van der Waals surface area contributed by atoms with Gasteiger partial charge in [-0.2, -0.15) is 5.10 Å². The van der Waals surface area contributed by atoms with Crippen molar-refractivity contribution in [2.75, 3.05) is 0 Å². The summed E-state index contributed by atoms with van der Waals surface area (Å²) >= 11 is 0. The fourth-order valence-electron chi connectivity index (χ4n) is 0.947. The quantitative estimate of drug-likeness (QED) is 0.381. The second-order valence-corrected chi connectivity index (χ2v) is 2.58. The molecular weight excluding hydrogens is 196 g/mol. The first-order chi connectivity index (χ1) is 7.24. The summed E-state index contributed by atoms with van der Waals surface area (Å²) in [5, 5.41) is 14.9. The number of oxime groups is 1. The summed E-state index contributed by atoms with van der Waals surface area (Å²) in [5.41, 5.74) is 7.91. The molecule has 78 valence electrons. The highest BCUT2D eigenvalue weighted by Gasteiger charge is 2.00. The van der Waals surface area contributed by atoms with E-state index in [9.17, 15) is 4.79 Å². The molecule has 0 heterocycles. The average molecular weight is 206 g/mol. The first-order valence-corrected chi connectivity index (χ1v) is 4.10. The monoisotopic (exact) mass is 206 g/mol. The van der Waals surface area contributed by atoms with Gasteiger partial charge in [-0.1, -0.05) is 35.5 Å². The molecule has 0 aromatic heterocycles. The zero-order chi connectivity index (χ0) is 11.1. The van der Waals surface area contributed by atoms with Crippen LogP contribution in [0, 0.1) is 0 Å². The van der Waals surface area contributed by atoms with E-state index < -0.39 is 6.03 Å². The Morgan fingerprint density at radius 3 is 2.60 bits per heavy atom. The Bertz CT molecular complexity index is 386. The molecule has 0 saturated heterocycles. The lowest BCUT2D eigenvalue weighted by Gasteiger charge is -1.99. The Morgan fingerprint density at radius 2 is 2.07 bits per heavy atom. The molecule has 0 atom stereocenters. The lowest BCUT2D eigenvalue weighted by atomic mass is 10.1. The van der Waals surface area contributed by atoms with Crippen molar-refractivity contribution in [2.24, 2.45) is 16.0 Å². The van der Waals surface area contributed by atoms with E-state index in [1.54, 1.807) is 24.3 Å². The molecule has 1 aromatic rings. The Balaban J connectivity index is 2.93. The van der Waals surface area contributed by atoms with Gasteiger partial charge in [0.15, 0.2) is 0 Å². The Morgan fingerprint density at radius 1 is 1.40 bits per heavy atom. The second-order valence-electron chi connectivity index (χ2n) is 2.58. The number of urea groups is 1. The van der Waals surface area contributed by atoms with Crippen LogP contribution >= 0.6 is 0 Å². The van der Waals surface area contributed by atoms with E-state index in [1.807, 2.05) is 6.07 Å². The minimum Gasteiger partial charge on any atom is -0.411 e. The topological polar surface area (TPSA) is 100 Å². The van der Waals surface area contributed by atoms with Crippen LogP contribution in [0.25, 0.3) is 0 Å². The van der Waals surface area contributed by atoms with E-state index in [0.29, 0.717) is 11.3 Å². The summed E-state index contributed by atoms with van der Waals surface area (Å²) in [4.78, 5) is 10.4. The van der Waals surface area contributed by atoms with Gasteiger partial charge in [0, 0.05) is 5.56 Å². The van der Waals surface area contributed by atoms with Crippen molar-refractivity contribution in [1.29, 1.82) is 0 Å². The number of rotatable bonds is 3. The maximum absolute atomic E-state index is 10.4. The van der Waals surface area contributed by atoms with Crippen LogP contribution in [0.4, 0.5) is 4.79 Å². The van der Waals surface area contributed by atoms with E-state index in [4.69, 9.17) is 10.9 Å². The molecule has 1 aromatic carbocycles. The van der Waals surface area contributed by atoms with Gasteiger partial charge in [0.2, 0.25) is 0 Å². The van der Waals surface area contributed by atoms with Gasteiger partial charge in [-0.05, 0) is 0 Å². The van der Waals surface area contributed by atoms with Crippen LogP contribution in [-0.2, 0) is 0 Å². The van der Waals surface area contributed by atoms with Crippen LogP contribution in [0.1, 0.15) is 5.56 Å². The normalized spacial score (nSPS) is 11.6. The minimum atomic E-state index is -0.783. The fraction of sp³-hybridized carbons (Fsp3) is 0. The predicted octanol–water partition coefficient (Wildman–Crippen LogP) is 0.519. The molecule has 0 aliphatic rings. The molecule has 0 spiro atoms. The molecule has 6 heteroatoms. The maximum atomic E-state index is 10.4. The number of nitrogens with two attached hydrogens (primary N) is 1. The molecule has 0 unspecified atom stereocenters. The third-order valence-corrected chi connectivity index (χ3v) is 1.54. The maximum Gasteiger partial charge on any atom is 0.332 e. The second kappa shape index (κ2) is 5.38. The van der Waals surface area contributed by atoms with Crippen molar-refractivity contribution >= 4 is 18.0 Å². The van der Waals surface area contributed by atoms with Gasteiger partial charge < -0.3 is 10.9 Å². The highest BCUT2D eigenvalue weighted by atomic mass is 16.4. The molecule has 0 aliphatic heterocycles. The molecule has 0 bridgehead atoms. The summed E-state index contributed by atoms with van der Waals surface area (Å²) < 4.78 is 0. The van der Waals surface area contributed by atoms with Crippen LogP contribution in [0.15, 0.2) is 40.6 Å². The van der Waals surface area contributed by atoms with E-state index in [1.165, 1.54) is 0 Å². The van der Waals surface area contributed by atoms with E-state index in [0.717, 1.165) is 6.21 Å². The van der Waals surface area contributed by atoms with Gasteiger partial charge in [0.1, 0.15) is 5.71 Å². The van der Waals surface area contributed by atoms with Crippen molar-refractivity contribution in [3.05, 3.63) is 35.9 Å². The van der Waals surface area contributed by atoms with Crippen molar-refractivity contribution in [3.8, 4) is 0 Å². The number of nitrogens with one attached hydrogen (secondary N) is 1. The summed E-state index contributed by atoms with van der Waals surface area (Å²) in [6, 6.07) is 8.14. The number of hydrogen-bond donors (Lipinski definition) is 3. The fourth-order valence-corrected chi connectivity index (χ4v) is 0.947. The minimum absolute atomic E-state index is 0.303. The Kier molecular flexibility index (Phi) is 3.84. The molecule has 2 amide bonds. The predicted molar refractivity (Wildman–Crippen MR) is 56.0 cm³/mol. The average Bonchev–Trinajstić information content (AvgIpc) is 2.25. The third kappa shape index (κ3) is 3.47. The number of carbonyl (C=O) groups excluding carboxylic acids is 1. The molecule has 1 rings (SSSR count). The number of carbonyl (C=O) groups is 1. The number of benzene rings is 1. The summed E-state index contributed by atoms with van der Waals surface area (Å²) in [7, 11) is 0. The van der Waals surface area contributed by atoms with E-state index >= 15 is 0 Å². The van der Waals surface area contributed by atoms with Crippen LogP contribution in [0.2, 0.25) is 0 Å². The molecule has 0 aliphatic carbocycles. The van der Waals surface area contributed by atoms with Crippen molar-refractivity contribution in [3.63, 3.8) is 0 Å². The number of hydrazone groups is 1. The van der Waals surface area contributed by atoms with Crippen LogP contribution in [0.3, 0.4) is 0 Å². The third-order valence-electron chi connectivity index (χ3n) is 1.54. The zero-order valence-corrected chi connectivity index (χ0v) is 7.79. The van der Waals surface area contributed by atoms with Gasteiger partial charge in [-0.15, -0.1) is 0 Å². The molecular formula is C9H10N4O2. The lowest BCUT2D eigenvalue weighted by Crippen LogP contribution is -2.26. The molecule has 0 fully saturated rings. The molecule has 15 heavy (non-hydrogen) atoms. The van der Waals surface area contributed by atoms with Gasteiger partial charge in [0.25, 0.3) is 0 Å². The molecule has 4 N–H and O–H groups in total. The zero-order valence-electron chi connectivity index (χ0n) is 7.79. The van der Waals surface area contributed by atoms with Gasteiger partial charge in [-0.25, -0.2) is 10.2 Å². The number of nitrogens with zero attached hydrogens (tertiary/aromatic N) is 2. The van der Waals surface area contributed by atoms with Crippen LogP contribution < -0.4 is 11.2 Å². The molecule has 0 radical (unpaired) electrons. The largest absolute Gasteiger partial charge is 0.411 e. The van der Waals surface area contributed by atoms with Crippen molar-refractivity contribution < 1.29 is 10.0 Å². The van der Waals surface area contributed by atoms with Gasteiger partial charge >= 0.3 is 6.03 Å². The van der Waals surface area contributed by atoms with Crippen molar-refractivity contribution in [1.82, 2.24) is 5.43 Å². The molecule has 0 saturated carbocycles. The number of amides is 2. The van der Waals surface area contributed by atoms with E-state index in [2.05, 4.69) is 15.7 Å². The highest BCUT2D eigenvalue weighted by molar-refractivity contribution is 6.38. The smallest absolute Gasteiger partial charge is 0.332 e. The van der Waals surface area contributed by atoms with Crippen LogP contribution in [-0.4, -0.2) is 23.2 Å².